The number of ether oxygens (including phenoxy) is 3. The van der Waals surface area contributed by atoms with Crippen molar-refractivity contribution in [2.75, 3.05) is 33.3 Å². The molecule has 0 aliphatic heterocycles. The summed E-state index contributed by atoms with van der Waals surface area (Å²) in [7, 11) is 2.03. The number of carbonyl (C=O) groups excluding carboxylic acids is 2. The molecule has 0 aromatic carbocycles. The first-order chi connectivity index (χ1) is 17.7. The van der Waals surface area contributed by atoms with E-state index >= 15 is 0 Å². The average molecular weight is 539 g/mol. The molecule has 2 N–H and O–H groups in total. The minimum absolute atomic E-state index is 0.0974. The number of rotatable bonds is 15. The molecule has 0 saturated carbocycles. The maximum atomic E-state index is 12.6. The average Bonchev–Trinajstić information content (AvgIpc) is 2.77. The lowest BCUT2D eigenvalue weighted by molar-refractivity contribution is 0.0460. The number of amides is 2. The smallest absolute Gasteiger partial charge is 0.407 e. The van der Waals surface area contributed by atoms with E-state index in [-0.39, 0.29) is 18.1 Å². The van der Waals surface area contributed by atoms with Crippen molar-refractivity contribution in [3.8, 4) is 5.75 Å². The number of nitrogens with one attached hydrogen (secondary N) is 2. The SMILES string of the molecule is CCCCOc1cccn(CCCN(C)CCCC(CNC(=O)OC(C)(C)C)NC(=O)OC(C)(C)C)c1=O. The zero-order chi connectivity index (χ0) is 28.8. The van der Waals surface area contributed by atoms with Crippen molar-refractivity contribution in [1.82, 2.24) is 20.1 Å². The molecule has 0 fully saturated rings. The third kappa shape index (κ3) is 15.5. The van der Waals surface area contributed by atoms with Gasteiger partial charge >= 0.3 is 12.2 Å². The predicted octanol–water partition coefficient (Wildman–Crippen LogP) is 4.55. The number of nitrogens with zero attached hydrogens (tertiary/aromatic N) is 2. The van der Waals surface area contributed by atoms with Crippen molar-refractivity contribution in [3.05, 3.63) is 28.7 Å². The van der Waals surface area contributed by atoms with Gasteiger partial charge in [-0.3, -0.25) is 4.79 Å². The normalized spacial score (nSPS) is 12.7. The number of alkyl carbamates (subject to hydrolysis) is 2. The monoisotopic (exact) mass is 538 g/mol. The Morgan fingerprint density at radius 1 is 1.00 bits per heavy atom. The Morgan fingerprint density at radius 2 is 1.63 bits per heavy atom. The van der Waals surface area contributed by atoms with Crippen LogP contribution in [0.5, 0.6) is 5.75 Å². The van der Waals surface area contributed by atoms with Gasteiger partial charge in [0.1, 0.15) is 11.2 Å². The van der Waals surface area contributed by atoms with Gasteiger partial charge in [0.05, 0.1) is 6.61 Å². The summed E-state index contributed by atoms with van der Waals surface area (Å²) in [6.07, 6.45) is 4.95. The van der Waals surface area contributed by atoms with Crippen LogP contribution >= 0.6 is 0 Å². The zero-order valence-electron chi connectivity index (χ0n) is 24.7. The first kappa shape index (κ1) is 33.3. The summed E-state index contributed by atoms with van der Waals surface area (Å²) in [5.41, 5.74) is -1.31. The number of hydrogen-bond acceptors (Lipinski definition) is 7. The molecule has 1 aromatic rings. The van der Waals surface area contributed by atoms with Crippen molar-refractivity contribution >= 4 is 12.2 Å². The fraction of sp³-hybridized carbons (Fsp3) is 0.750. The van der Waals surface area contributed by atoms with Gasteiger partial charge in [-0.15, -0.1) is 0 Å². The van der Waals surface area contributed by atoms with Crippen LogP contribution < -0.4 is 20.9 Å². The van der Waals surface area contributed by atoms with Crippen molar-refractivity contribution in [2.24, 2.45) is 0 Å². The molecule has 0 saturated heterocycles. The van der Waals surface area contributed by atoms with Gasteiger partial charge in [0.15, 0.2) is 5.75 Å². The third-order valence-corrected chi connectivity index (χ3v) is 5.38. The second kappa shape index (κ2) is 16.3. The number of aromatic nitrogens is 1. The molecule has 0 aliphatic carbocycles. The van der Waals surface area contributed by atoms with Crippen LogP contribution in [0.15, 0.2) is 23.1 Å². The van der Waals surface area contributed by atoms with E-state index in [0.29, 0.717) is 25.3 Å². The van der Waals surface area contributed by atoms with Crippen LogP contribution in [-0.4, -0.2) is 72.2 Å². The molecule has 10 nitrogen and oxygen atoms in total. The summed E-state index contributed by atoms with van der Waals surface area (Å²) in [6, 6.07) is 3.26. The van der Waals surface area contributed by atoms with E-state index in [4.69, 9.17) is 14.2 Å². The molecule has 38 heavy (non-hydrogen) atoms. The van der Waals surface area contributed by atoms with Crippen LogP contribution in [0.4, 0.5) is 9.59 Å². The molecule has 218 valence electrons. The van der Waals surface area contributed by atoms with Gasteiger partial charge in [-0.05, 0) is 99.5 Å². The number of hydrogen-bond donors (Lipinski definition) is 2. The Hall–Kier alpha value is -2.75. The van der Waals surface area contributed by atoms with E-state index in [9.17, 15) is 14.4 Å². The molecule has 1 unspecified atom stereocenters. The van der Waals surface area contributed by atoms with Gasteiger partial charge in [0.25, 0.3) is 5.56 Å². The molecule has 0 spiro atoms. The van der Waals surface area contributed by atoms with Gasteiger partial charge in [-0.1, -0.05) is 13.3 Å². The van der Waals surface area contributed by atoms with Gasteiger partial charge in [0, 0.05) is 25.3 Å². The summed E-state index contributed by atoms with van der Waals surface area (Å²) < 4.78 is 18.0. The quantitative estimate of drug-likeness (QED) is 0.315. The van der Waals surface area contributed by atoms with E-state index in [1.807, 2.05) is 13.1 Å². The van der Waals surface area contributed by atoms with E-state index in [0.717, 1.165) is 38.8 Å². The van der Waals surface area contributed by atoms with Crippen LogP contribution in [0, 0.1) is 0 Å². The molecule has 0 radical (unpaired) electrons. The summed E-state index contributed by atoms with van der Waals surface area (Å²) in [5, 5.41) is 5.60. The summed E-state index contributed by atoms with van der Waals surface area (Å²) >= 11 is 0. The van der Waals surface area contributed by atoms with Crippen LogP contribution in [0.25, 0.3) is 0 Å². The maximum absolute atomic E-state index is 12.6. The molecule has 0 bridgehead atoms. The number of pyridine rings is 1. The minimum atomic E-state index is -0.615. The first-order valence-electron chi connectivity index (χ1n) is 13.7. The summed E-state index contributed by atoms with van der Waals surface area (Å²) in [4.78, 5) is 39.2. The summed E-state index contributed by atoms with van der Waals surface area (Å²) in [5.74, 6) is 0.401. The highest BCUT2D eigenvalue weighted by molar-refractivity contribution is 5.69. The lowest BCUT2D eigenvalue weighted by Gasteiger charge is -2.25. The van der Waals surface area contributed by atoms with Crippen molar-refractivity contribution in [3.63, 3.8) is 0 Å². The highest BCUT2D eigenvalue weighted by atomic mass is 16.6. The Balaban J connectivity index is 2.53. The number of aryl methyl sites for hydroxylation is 1. The lowest BCUT2D eigenvalue weighted by Crippen LogP contribution is -2.46. The minimum Gasteiger partial charge on any atom is -0.488 e. The maximum Gasteiger partial charge on any atom is 0.407 e. The van der Waals surface area contributed by atoms with Crippen LogP contribution in [0.2, 0.25) is 0 Å². The van der Waals surface area contributed by atoms with E-state index in [2.05, 4.69) is 22.5 Å². The molecule has 1 heterocycles. The van der Waals surface area contributed by atoms with E-state index < -0.39 is 23.4 Å². The van der Waals surface area contributed by atoms with Gasteiger partial charge in [0.2, 0.25) is 0 Å². The Kier molecular flexibility index (Phi) is 14.2. The second-order valence-corrected chi connectivity index (χ2v) is 11.6. The standard InChI is InChI=1S/C28H50N4O6/c1-9-10-20-36-23-15-12-18-32(24(23)33)19-13-17-31(8)16-11-14-22(30-26(35)38-28(5,6)7)21-29-25(34)37-27(2,3)4/h12,15,18,22H,9-11,13-14,16-17,19-21H2,1-8H3,(H,29,34)(H,30,35). The van der Waals surface area contributed by atoms with Crippen molar-refractivity contribution < 1.29 is 23.8 Å². The predicted molar refractivity (Wildman–Crippen MR) is 150 cm³/mol. The Labute approximate surface area is 228 Å². The summed E-state index contributed by atoms with van der Waals surface area (Å²) in [6.45, 7) is 15.9. The fourth-order valence-electron chi connectivity index (χ4n) is 3.58. The van der Waals surface area contributed by atoms with Crippen LogP contribution in [0.1, 0.15) is 80.6 Å². The molecule has 0 aliphatic rings. The highest BCUT2D eigenvalue weighted by Gasteiger charge is 2.21. The Bertz CT molecular complexity index is 904. The lowest BCUT2D eigenvalue weighted by atomic mass is 10.1. The first-order valence-corrected chi connectivity index (χ1v) is 13.7. The third-order valence-electron chi connectivity index (χ3n) is 5.38. The molecular weight excluding hydrogens is 488 g/mol. The van der Waals surface area contributed by atoms with Crippen molar-refractivity contribution in [1.29, 1.82) is 0 Å². The van der Waals surface area contributed by atoms with Gasteiger partial charge in [-0.2, -0.15) is 0 Å². The molecule has 10 heteroatoms. The largest absolute Gasteiger partial charge is 0.488 e. The molecular formula is C28H50N4O6. The zero-order valence-corrected chi connectivity index (χ0v) is 24.7. The Morgan fingerprint density at radius 3 is 2.26 bits per heavy atom. The number of unbranched alkanes of at least 4 members (excludes halogenated alkanes) is 1. The highest BCUT2D eigenvalue weighted by Crippen LogP contribution is 2.09. The fourth-order valence-corrected chi connectivity index (χ4v) is 3.58. The van der Waals surface area contributed by atoms with Gasteiger partial charge < -0.3 is 34.3 Å². The van der Waals surface area contributed by atoms with E-state index in [1.165, 1.54) is 0 Å². The van der Waals surface area contributed by atoms with E-state index in [1.54, 1.807) is 58.4 Å². The van der Waals surface area contributed by atoms with Crippen LogP contribution in [0.3, 0.4) is 0 Å². The van der Waals surface area contributed by atoms with Crippen molar-refractivity contribution in [2.45, 2.75) is 104 Å². The molecule has 1 atom stereocenters. The molecule has 2 amide bonds. The topological polar surface area (TPSA) is 111 Å². The second-order valence-electron chi connectivity index (χ2n) is 11.6. The number of carbonyl (C=O) groups is 2. The van der Waals surface area contributed by atoms with Gasteiger partial charge in [-0.25, -0.2) is 9.59 Å². The molecule has 1 rings (SSSR count). The van der Waals surface area contributed by atoms with Crippen LogP contribution in [-0.2, 0) is 16.0 Å². The molecule has 1 aromatic heterocycles.